The smallest absolute Gasteiger partial charge is 0.227 e. The van der Waals surface area contributed by atoms with Gasteiger partial charge in [-0.3, -0.25) is 4.57 Å². The Kier molecular flexibility index (Phi) is 7.96. The third-order valence-corrected chi connectivity index (χ3v) is 11.2. The summed E-state index contributed by atoms with van der Waals surface area (Å²) in [4.78, 5) is 14.9. The summed E-state index contributed by atoms with van der Waals surface area (Å²) in [7, 11) is 0. The van der Waals surface area contributed by atoms with Crippen LogP contribution in [-0.4, -0.2) is 31.6 Å². The molecule has 0 amide bonds. The number of fused-ring (bicyclic) bond motifs is 6. The molecule has 1 saturated carbocycles. The van der Waals surface area contributed by atoms with Gasteiger partial charge < -0.3 is 20.8 Å². The molecule has 9 rings (SSSR count). The van der Waals surface area contributed by atoms with Crippen molar-refractivity contribution < 1.29 is 4.42 Å². The lowest BCUT2D eigenvalue weighted by atomic mass is 9.78. The standard InChI is InChI=1S/C40H38IN7O/c41-28-6-3-4-24(20-28)22-43-37-36-38(47-40(46-37)45-30-14-12-29(42)13-15-30)48(23-44-36)39-32(18-19-49-39)27-9-8-26-11-16-33-31-7-2-1-5-25(31)10-17-34(33)35(26)21-27/h1-7,10-11,16-20,23,27,29-30H,8-9,12-15,21-22,42H2,(H2,43,45,46,47). The number of hydrogen-bond acceptors (Lipinski definition) is 7. The minimum absolute atomic E-state index is 0.273. The number of aromatic nitrogens is 4. The summed E-state index contributed by atoms with van der Waals surface area (Å²) in [6, 6.07) is 29.1. The molecule has 8 nitrogen and oxygen atoms in total. The summed E-state index contributed by atoms with van der Waals surface area (Å²) in [5.41, 5.74) is 12.9. The number of anilines is 2. The average Bonchev–Trinajstić information content (AvgIpc) is 3.79. The highest BCUT2D eigenvalue weighted by atomic mass is 127. The van der Waals surface area contributed by atoms with Crippen LogP contribution in [0.4, 0.5) is 11.8 Å². The second-order valence-electron chi connectivity index (χ2n) is 13.6. The van der Waals surface area contributed by atoms with Crippen molar-refractivity contribution in [2.45, 2.75) is 69.5 Å². The van der Waals surface area contributed by atoms with Gasteiger partial charge >= 0.3 is 0 Å². The van der Waals surface area contributed by atoms with E-state index in [0.717, 1.165) is 62.0 Å². The molecule has 2 aliphatic carbocycles. The Morgan fingerprint density at radius 2 is 1.76 bits per heavy atom. The van der Waals surface area contributed by atoms with E-state index in [1.54, 1.807) is 0 Å². The van der Waals surface area contributed by atoms with E-state index >= 15 is 0 Å². The molecule has 3 aromatic heterocycles. The van der Waals surface area contributed by atoms with Crippen LogP contribution in [0.1, 0.15) is 60.3 Å². The lowest BCUT2D eigenvalue weighted by molar-refractivity contribution is 0.410. The number of rotatable bonds is 7. The summed E-state index contributed by atoms with van der Waals surface area (Å²) in [6.07, 6.45) is 10.7. The van der Waals surface area contributed by atoms with Gasteiger partial charge in [-0.15, -0.1) is 0 Å². The third-order valence-electron chi connectivity index (χ3n) is 10.5. The monoisotopic (exact) mass is 759 g/mol. The van der Waals surface area contributed by atoms with E-state index in [9.17, 15) is 0 Å². The second-order valence-corrected chi connectivity index (χ2v) is 14.9. The number of nitrogens with one attached hydrogen (secondary N) is 2. The molecule has 49 heavy (non-hydrogen) atoms. The van der Waals surface area contributed by atoms with Gasteiger partial charge in [-0.1, -0.05) is 60.7 Å². The van der Waals surface area contributed by atoms with Crippen LogP contribution in [0.2, 0.25) is 0 Å². The van der Waals surface area contributed by atoms with E-state index in [0.29, 0.717) is 24.2 Å². The first kappa shape index (κ1) is 30.6. The Hall–Kier alpha value is -4.48. The molecule has 2 aliphatic rings. The predicted molar refractivity (Wildman–Crippen MR) is 205 cm³/mol. The van der Waals surface area contributed by atoms with E-state index in [1.165, 1.54) is 47.4 Å². The molecule has 1 atom stereocenters. The van der Waals surface area contributed by atoms with Gasteiger partial charge in [-0.05, 0) is 130 Å². The molecule has 0 spiro atoms. The maximum Gasteiger partial charge on any atom is 0.227 e. The predicted octanol–water partition coefficient (Wildman–Crippen LogP) is 8.89. The lowest BCUT2D eigenvalue weighted by Gasteiger charge is -2.27. The highest BCUT2D eigenvalue weighted by Crippen LogP contribution is 2.41. The highest BCUT2D eigenvalue weighted by Gasteiger charge is 2.28. The molecule has 1 unspecified atom stereocenters. The van der Waals surface area contributed by atoms with Crippen molar-refractivity contribution in [1.29, 1.82) is 0 Å². The number of nitrogens with zero attached hydrogens (tertiary/aromatic N) is 4. The van der Waals surface area contributed by atoms with Crippen LogP contribution in [0.15, 0.2) is 95.9 Å². The number of furan rings is 1. The molecule has 1 fully saturated rings. The molecule has 0 radical (unpaired) electrons. The van der Waals surface area contributed by atoms with Crippen LogP contribution in [0.5, 0.6) is 0 Å². The molecular weight excluding hydrogens is 721 g/mol. The van der Waals surface area contributed by atoms with Gasteiger partial charge in [-0.25, -0.2) is 4.98 Å². The number of aryl methyl sites for hydroxylation is 1. The number of halogens is 1. The minimum Gasteiger partial charge on any atom is -0.448 e. The second kappa shape index (κ2) is 12.8. The van der Waals surface area contributed by atoms with Crippen molar-refractivity contribution in [1.82, 2.24) is 19.5 Å². The molecule has 0 bridgehead atoms. The number of hydrogen-bond donors (Lipinski definition) is 3. The Bertz CT molecular complexity index is 2320. The summed E-state index contributed by atoms with van der Waals surface area (Å²) in [6.45, 7) is 0.629. The first-order valence-corrected chi connectivity index (χ1v) is 18.4. The molecule has 0 aliphatic heterocycles. The lowest BCUT2D eigenvalue weighted by Crippen LogP contribution is -2.33. The molecule has 246 valence electrons. The molecule has 7 aromatic rings. The van der Waals surface area contributed by atoms with Crippen LogP contribution in [0.25, 0.3) is 38.6 Å². The fraction of sp³-hybridized carbons (Fsp3) is 0.275. The maximum absolute atomic E-state index is 6.29. The zero-order chi connectivity index (χ0) is 32.9. The van der Waals surface area contributed by atoms with Crippen molar-refractivity contribution in [3.63, 3.8) is 0 Å². The van der Waals surface area contributed by atoms with E-state index in [1.807, 2.05) is 17.2 Å². The largest absolute Gasteiger partial charge is 0.448 e. The number of imidazole rings is 1. The van der Waals surface area contributed by atoms with Gasteiger partial charge in [0.15, 0.2) is 17.0 Å². The third kappa shape index (κ3) is 5.82. The van der Waals surface area contributed by atoms with Gasteiger partial charge in [0.2, 0.25) is 11.8 Å². The number of nitrogens with two attached hydrogens (primary N) is 1. The molecule has 4 aromatic carbocycles. The Balaban J connectivity index is 1.08. The summed E-state index contributed by atoms with van der Waals surface area (Å²) in [5, 5.41) is 12.5. The van der Waals surface area contributed by atoms with Gasteiger partial charge in [0, 0.05) is 27.8 Å². The van der Waals surface area contributed by atoms with Crippen LogP contribution < -0.4 is 16.4 Å². The zero-order valence-corrected chi connectivity index (χ0v) is 29.4. The van der Waals surface area contributed by atoms with E-state index < -0.39 is 0 Å². The minimum atomic E-state index is 0.273. The summed E-state index contributed by atoms with van der Waals surface area (Å²) >= 11 is 2.35. The van der Waals surface area contributed by atoms with Crippen LogP contribution >= 0.6 is 22.6 Å². The van der Waals surface area contributed by atoms with Gasteiger partial charge in [-0.2, -0.15) is 9.97 Å². The van der Waals surface area contributed by atoms with Crippen molar-refractivity contribution in [2.75, 3.05) is 10.6 Å². The first-order chi connectivity index (χ1) is 24.1. The summed E-state index contributed by atoms with van der Waals surface area (Å²) in [5.74, 6) is 2.38. The molecular formula is C40H38IN7O. The molecule has 9 heteroatoms. The Morgan fingerprint density at radius 1 is 0.878 bits per heavy atom. The van der Waals surface area contributed by atoms with Gasteiger partial charge in [0.05, 0.1) is 6.26 Å². The topological polar surface area (TPSA) is 107 Å². The molecule has 3 heterocycles. The first-order valence-electron chi connectivity index (χ1n) is 17.3. The van der Waals surface area contributed by atoms with Crippen molar-refractivity contribution in [2.24, 2.45) is 5.73 Å². The van der Waals surface area contributed by atoms with E-state index in [4.69, 9.17) is 25.1 Å². The fourth-order valence-corrected chi connectivity index (χ4v) is 8.56. The zero-order valence-electron chi connectivity index (χ0n) is 27.2. The van der Waals surface area contributed by atoms with Crippen LogP contribution in [0, 0.1) is 3.57 Å². The van der Waals surface area contributed by atoms with Crippen molar-refractivity contribution >= 4 is 67.1 Å². The van der Waals surface area contributed by atoms with E-state index in [2.05, 4.69) is 112 Å². The van der Waals surface area contributed by atoms with E-state index in [-0.39, 0.29) is 12.1 Å². The van der Waals surface area contributed by atoms with Gasteiger partial charge in [0.25, 0.3) is 0 Å². The van der Waals surface area contributed by atoms with Crippen LogP contribution in [0.3, 0.4) is 0 Å². The normalized spacial score (nSPS) is 19.3. The van der Waals surface area contributed by atoms with Gasteiger partial charge in [0.1, 0.15) is 6.33 Å². The molecule has 0 saturated heterocycles. The van der Waals surface area contributed by atoms with Crippen molar-refractivity contribution in [3.8, 4) is 5.88 Å². The Labute approximate surface area is 298 Å². The average molecular weight is 760 g/mol. The van der Waals surface area contributed by atoms with Crippen molar-refractivity contribution in [3.05, 3.63) is 117 Å². The maximum atomic E-state index is 6.29. The summed E-state index contributed by atoms with van der Waals surface area (Å²) < 4.78 is 9.50. The quantitative estimate of drug-likeness (QED) is 0.110. The Morgan fingerprint density at radius 3 is 2.65 bits per heavy atom. The number of benzene rings is 4. The van der Waals surface area contributed by atoms with Crippen LogP contribution in [-0.2, 0) is 19.4 Å². The SMILES string of the molecule is NC1CCC(Nc2nc(NCc3cccc(I)c3)c3ncn(-c4occc4C4CCc5ccc6c(ccc7ccccc76)c5C4)c3n2)CC1. The highest BCUT2D eigenvalue weighted by molar-refractivity contribution is 14.1. The molecule has 4 N–H and O–H groups in total. The fourth-order valence-electron chi connectivity index (χ4n) is 7.95.